The number of fused-ring (bicyclic) bond motifs is 1. The average molecular weight is 402 g/mol. The van der Waals surface area contributed by atoms with Gasteiger partial charge in [-0.25, -0.2) is 17.6 Å². The number of rotatable bonds is 5. The zero-order valence-corrected chi connectivity index (χ0v) is 15.0. The molecule has 0 saturated carbocycles. The maximum atomic E-state index is 13.2. The lowest BCUT2D eigenvalue weighted by Gasteiger charge is -2.24. The number of hydrogen-bond acceptors (Lipinski definition) is 6. The summed E-state index contributed by atoms with van der Waals surface area (Å²) < 4.78 is 41.8. The summed E-state index contributed by atoms with van der Waals surface area (Å²) >= 11 is 1.17. The standard InChI is InChI=1S/C15H15FN2O6S2/c16-9-1-3-10(4-2-9)18-11-7-26(22,23)8-12(11)25-15(18)17-13(19)5-24-6-14(20)21/h1-4,11-12H,5-8H2,(H,20,21). The summed E-state index contributed by atoms with van der Waals surface area (Å²) in [6, 6.07) is 5.06. The molecule has 2 aliphatic rings. The Kier molecular flexibility index (Phi) is 5.30. The van der Waals surface area contributed by atoms with E-state index in [2.05, 4.69) is 4.99 Å². The first kappa shape index (κ1) is 18.8. The van der Waals surface area contributed by atoms with Crippen molar-refractivity contribution in [3.63, 3.8) is 0 Å². The summed E-state index contributed by atoms with van der Waals surface area (Å²) in [5, 5.41) is 8.53. The normalized spacial score (nSPS) is 25.4. The molecule has 2 atom stereocenters. The Morgan fingerprint density at radius 3 is 2.62 bits per heavy atom. The Bertz CT molecular complexity index is 855. The smallest absolute Gasteiger partial charge is 0.329 e. The van der Waals surface area contributed by atoms with Crippen molar-refractivity contribution in [2.75, 3.05) is 29.6 Å². The van der Waals surface area contributed by atoms with Crippen LogP contribution in [-0.4, -0.2) is 66.6 Å². The molecule has 3 rings (SSSR count). The highest BCUT2D eigenvalue weighted by atomic mass is 32.2. The number of carbonyl (C=O) groups is 2. The summed E-state index contributed by atoms with van der Waals surface area (Å²) in [6.07, 6.45) is 0. The van der Waals surface area contributed by atoms with E-state index in [0.717, 1.165) is 0 Å². The van der Waals surface area contributed by atoms with Gasteiger partial charge in [0.2, 0.25) is 0 Å². The number of anilines is 1. The van der Waals surface area contributed by atoms with Gasteiger partial charge >= 0.3 is 5.97 Å². The second-order valence-electron chi connectivity index (χ2n) is 5.82. The fourth-order valence-corrected chi connectivity index (χ4v) is 6.76. The van der Waals surface area contributed by atoms with E-state index in [4.69, 9.17) is 9.84 Å². The predicted molar refractivity (Wildman–Crippen MR) is 93.6 cm³/mol. The Morgan fingerprint density at radius 1 is 1.27 bits per heavy atom. The molecule has 2 unspecified atom stereocenters. The number of aliphatic carboxylic acids is 1. The van der Waals surface area contributed by atoms with Gasteiger partial charge < -0.3 is 14.7 Å². The third-order valence-electron chi connectivity index (χ3n) is 3.84. The van der Waals surface area contributed by atoms with Crippen molar-refractivity contribution in [3.8, 4) is 0 Å². The number of hydrogen-bond donors (Lipinski definition) is 1. The van der Waals surface area contributed by atoms with Crippen LogP contribution in [0.3, 0.4) is 0 Å². The monoisotopic (exact) mass is 402 g/mol. The van der Waals surface area contributed by atoms with Crippen molar-refractivity contribution in [1.82, 2.24) is 0 Å². The van der Waals surface area contributed by atoms with Crippen molar-refractivity contribution in [1.29, 1.82) is 0 Å². The molecule has 2 heterocycles. The fraction of sp³-hybridized carbons (Fsp3) is 0.400. The first-order chi connectivity index (χ1) is 12.2. The number of nitrogens with zero attached hydrogens (tertiary/aromatic N) is 2. The zero-order valence-electron chi connectivity index (χ0n) is 13.4. The molecule has 2 aliphatic heterocycles. The molecule has 11 heteroatoms. The Balaban J connectivity index is 1.84. The van der Waals surface area contributed by atoms with E-state index in [1.165, 1.54) is 36.0 Å². The van der Waals surface area contributed by atoms with Crippen molar-refractivity contribution >= 4 is 44.3 Å². The Morgan fingerprint density at radius 2 is 1.96 bits per heavy atom. The number of halogens is 1. The lowest BCUT2D eigenvalue weighted by molar-refractivity contribution is -0.143. The molecule has 140 valence electrons. The van der Waals surface area contributed by atoms with E-state index in [0.29, 0.717) is 10.9 Å². The molecule has 0 aromatic heterocycles. The SMILES string of the molecule is O=C(O)COCC(=O)N=C1SC2CS(=O)(=O)CC2N1c1ccc(F)cc1. The van der Waals surface area contributed by atoms with Crippen LogP contribution in [-0.2, 0) is 24.2 Å². The number of carboxylic acid groups (broad SMARTS) is 1. The minimum Gasteiger partial charge on any atom is -0.480 e. The number of thioether (sulfide) groups is 1. The largest absolute Gasteiger partial charge is 0.480 e. The molecule has 1 N–H and O–H groups in total. The third-order valence-corrected chi connectivity index (χ3v) is 7.05. The van der Waals surface area contributed by atoms with Crippen molar-refractivity contribution in [3.05, 3.63) is 30.1 Å². The number of carbonyl (C=O) groups excluding carboxylic acids is 1. The molecule has 0 spiro atoms. The lowest BCUT2D eigenvalue weighted by atomic mass is 10.2. The van der Waals surface area contributed by atoms with Crippen molar-refractivity contribution in [2.24, 2.45) is 4.99 Å². The van der Waals surface area contributed by atoms with Crippen LogP contribution in [0.2, 0.25) is 0 Å². The summed E-state index contributed by atoms with van der Waals surface area (Å²) in [6.45, 7) is -1.11. The van der Waals surface area contributed by atoms with Gasteiger partial charge in [0.1, 0.15) is 19.0 Å². The molecule has 2 fully saturated rings. The van der Waals surface area contributed by atoms with Crippen molar-refractivity contribution < 1.29 is 32.2 Å². The lowest BCUT2D eigenvalue weighted by Crippen LogP contribution is -2.37. The van der Waals surface area contributed by atoms with Crippen LogP contribution in [0.4, 0.5) is 10.1 Å². The highest BCUT2D eigenvalue weighted by Crippen LogP contribution is 2.40. The summed E-state index contributed by atoms with van der Waals surface area (Å²) in [5.74, 6) is -2.42. The second kappa shape index (κ2) is 7.33. The number of carboxylic acids is 1. The summed E-state index contributed by atoms with van der Waals surface area (Å²) in [5.41, 5.74) is 0.529. The predicted octanol–water partition coefficient (Wildman–Crippen LogP) is 0.528. The maximum absolute atomic E-state index is 13.2. The van der Waals surface area contributed by atoms with E-state index in [-0.39, 0.29) is 16.8 Å². The fourth-order valence-electron chi connectivity index (χ4n) is 2.83. The average Bonchev–Trinajstić information content (AvgIpc) is 2.99. The third kappa shape index (κ3) is 4.22. The molecular weight excluding hydrogens is 387 g/mol. The topological polar surface area (TPSA) is 113 Å². The van der Waals surface area contributed by atoms with Crippen LogP contribution < -0.4 is 4.90 Å². The maximum Gasteiger partial charge on any atom is 0.329 e. The highest BCUT2D eigenvalue weighted by molar-refractivity contribution is 8.16. The quantitative estimate of drug-likeness (QED) is 0.759. The highest BCUT2D eigenvalue weighted by Gasteiger charge is 2.49. The molecule has 8 nitrogen and oxygen atoms in total. The summed E-state index contributed by atoms with van der Waals surface area (Å²) in [7, 11) is -3.20. The number of amidine groups is 1. The van der Waals surface area contributed by atoms with Gasteiger partial charge in [0.25, 0.3) is 5.91 Å². The molecule has 1 aromatic carbocycles. The van der Waals surface area contributed by atoms with Gasteiger partial charge in [-0.2, -0.15) is 4.99 Å². The van der Waals surface area contributed by atoms with Gasteiger partial charge in [0.05, 0.1) is 17.5 Å². The van der Waals surface area contributed by atoms with Crippen LogP contribution in [0.25, 0.3) is 0 Å². The Hall–Kier alpha value is -1.98. The van der Waals surface area contributed by atoms with Gasteiger partial charge in [-0.1, -0.05) is 11.8 Å². The van der Waals surface area contributed by atoms with Crippen LogP contribution in [0.5, 0.6) is 0 Å². The van der Waals surface area contributed by atoms with Gasteiger partial charge in [-0.3, -0.25) is 4.79 Å². The van der Waals surface area contributed by atoms with E-state index in [1.54, 1.807) is 4.90 Å². The van der Waals surface area contributed by atoms with Gasteiger partial charge in [-0.05, 0) is 24.3 Å². The van der Waals surface area contributed by atoms with Gasteiger partial charge in [0, 0.05) is 10.9 Å². The molecule has 1 aromatic rings. The second-order valence-corrected chi connectivity index (χ2v) is 9.18. The molecule has 2 saturated heterocycles. The Labute approximate surface area is 153 Å². The molecule has 0 bridgehead atoms. The number of aliphatic imine (C=N–C) groups is 1. The number of sulfone groups is 1. The number of amides is 1. The molecule has 0 aliphatic carbocycles. The molecular formula is C15H15FN2O6S2. The van der Waals surface area contributed by atoms with Gasteiger partial charge in [-0.15, -0.1) is 0 Å². The van der Waals surface area contributed by atoms with E-state index < -0.39 is 46.8 Å². The van der Waals surface area contributed by atoms with E-state index in [1.807, 2.05) is 0 Å². The van der Waals surface area contributed by atoms with Crippen LogP contribution in [0, 0.1) is 5.82 Å². The first-order valence-electron chi connectivity index (χ1n) is 7.58. The molecule has 1 amide bonds. The van der Waals surface area contributed by atoms with Crippen LogP contribution in [0.15, 0.2) is 29.3 Å². The first-order valence-corrected chi connectivity index (χ1v) is 10.3. The van der Waals surface area contributed by atoms with Crippen LogP contribution in [0.1, 0.15) is 0 Å². The molecule has 26 heavy (non-hydrogen) atoms. The van der Waals surface area contributed by atoms with Crippen LogP contribution >= 0.6 is 11.8 Å². The zero-order chi connectivity index (χ0) is 18.9. The van der Waals surface area contributed by atoms with Gasteiger partial charge in [0.15, 0.2) is 15.0 Å². The number of benzene rings is 1. The van der Waals surface area contributed by atoms with E-state index >= 15 is 0 Å². The minimum atomic E-state index is -3.20. The summed E-state index contributed by atoms with van der Waals surface area (Å²) in [4.78, 5) is 27.9. The number of ether oxygens (including phenoxy) is 1. The van der Waals surface area contributed by atoms with Crippen molar-refractivity contribution in [2.45, 2.75) is 11.3 Å². The van der Waals surface area contributed by atoms with E-state index in [9.17, 15) is 22.4 Å². The molecule has 0 radical (unpaired) electrons. The minimum absolute atomic E-state index is 0.0250.